The van der Waals surface area contributed by atoms with Crippen LogP contribution in [0.15, 0.2) is 41.5 Å². The predicted molar refractivity (Wildman–Crippen MR) is 97.9 cm³/mol. The van der Waals surface area contributed by atoms with Gasteiger partial charge in [0.15, 0.2) is 0 Å². The van der Waals surface area contributed by atoms with Crippen LogP contribution in [0.1, 0.15) is 11.7 Å². The molecule has 1 unspecified atom stereocenters. The van der Waals surface area contributed by atoms with Crippen molar-refractivity contribution < 1.29 is 0 Å². The van der Waals surface area contributed by atoms with Crippen molar-refractivity contribution in [3.8, 4) is 16.9 Å². The first-order valence-corrected chi connectivity index (χ1v) is 8.24. The number of nitrogens with one attached hydrogen (secondary N) is 2. The molecule has 0 spiro atoms. The molecule has 0 bridgehead atoms. The second-order valence-electron chi connectivity index (χ2n) is 5.70. The number of pyridine rings is 1. The molecule has 0 saturated heterocycles. The molecule has 1 atom stereocenters. The van der Waals surface area contributed by atoms with Gasteiger partial charge in [-0.1, -0.05) is 29.3 Å². The number of fused-ring (bicyclic) bond motifs is 1. The van der Waals surface area contributed by atoms with Crippen molar-refractivity contribution in [1.82, 2.24) is 19.8 Å². The SMILES string of the molecule is Cn1ccc(-c2cn(-c3c(Cl)cccc3Cl)c(=O)c3c2NNC3N)n1. The van der Waals surface area contributed by atoms with Gasteiger partial charge in [-0.2, -0.15) is 5.10 Å². The van der Waals surface area contributed by atoms with Gasteiger partial charge in [-0.25, -0.2) is 5.43 Å². The van der Waals surface area contributed by atoms with Gasteiger partial charge >= 0.3 is 0 Å². The number of halogens is 2. The molecule has 4 rings (SSSR count). The number of nitrogens with zero attached hydrogens (tertiary/aromatic N) is 3. The molecule has 0 radical (unpaired) electrons. The highest BCUT2D eigenvalue weighted by Gasteiger charge is 2.28. The first-order chi connectivity index (χ1) is 12.0. The minimum atomic E-state index is -0.654. The van der Waals surface area contributed by atoms with Crippen LogP contribution >= 0.6 is 23.2 Å². The lowest BCUT2D eigenvalue weighted by molar-refractivity contribution is 0.647. The van der Waals surface area contributed by atoms with Crippen molar-refractivity contribution in [2.24, 2.45) is 12.8 Å². The number of anilines is 1. The molecule has 128 valence electrons. The molecule has 0 fully saturated rings. The summed E-state index contributed by atoms with van der Waals surface area (Å²) in [6.07, 6.45) is 2.84. The van der Waals surface area contributed by atoms with Gasteiger partial charge in [-0.15, -0.1) is 0 Å². The maximum atomic E-state index is 13.0. The van der Waals surface area contributed by atoms with Gasteiger partial charge < -0.3 is 11.2 Å². The normalized spacial score (nSPS) is 15.9. The molecular formula is C16H14Cl2N6O. The maximum absolute atomic E-state index is 13.0. The van der Waals surface area contributed by atoms with Crippen LogP contribution < -0.4 is 22.1 Å². The summed E-state index contributed by atoms with van der Waals surface area (Å²) in [5.74, 6) is 0. The molecule has 3 heterocycles. The lowest BCUT2D eigenvalue weighted by Crippen LogP contribution is -2.30. The summed E-state index contributed by atoms with van der Waals surface area (Å²) < 4.78 is 3.10. The van der Waals surface area contributed by atoms with Gasteiger partial charge in [0.1, 0.15) is 6.17 Å². The molecule has 3 aromatic rings. The Morgan fingerprint density at radius 1 is 1.24 bits per heavy atom. The molecule has 4 N–H and O–H groups in total. The number of hydrazine groups is 1. The number of para-hydroxylation sites is 1. The van der Waals surface area contributed by atoms with E-state index in [0.29, 0.717) is 38.2 Å². The summed E-state index contributed by atoms with van der Waals surface area (Å²) >= 11 is 12.6. The van der Waals surface area contributed by atoms with E-state index in [1.54, 1.807) is 29.1 Å². The minimum absolute atomic E-state index is 0.297. The fraction of sp³-hybridized carbons (Fsp3) is 0.125. The van der Waals surface area contributed by atoms with Gasteiger partial charge in [-0.3, -0.25) is 14.0 Å². The summed E-state index contributed by atoms with van der Waals surface area (Å²) in [6, 6.07) is 6.93. The van der Waals surface area contributed by atoms with E-state index in [1.807, 2.05) is 19.3 Å². The Balaban J connectivity index is 2.07. The summed E-state index contributed by atoms with van der Waals surface area (Å²) in [7, 11) is 1.82. The first kappa shape index (κ1) is 16.2. The monoisotopic (exact) mass is 376 g/mol. The second-order valence-corrected chi connectivity index (χ2v) is 6.51. The van der Waals surface area contributed by atoms with Crippen molar-refractivity contribution in [3.05, 3.63) is 62.6 Å². The van der Waals surface area contributed by atoms with Gasteiger partial charge in [-0.05, 0) is 18.2 Å². The number of nitrogens with two attached hydrogens (primary N) is 1. The van der Waals surface area contributed by atoms with Crippen LogP contribution in [-0.2, 0) is 7.05 Å². The van der Waals surface area contributed by atoms with Gasteiger partial charge in [0.2, 0.25) is 0 Å². The van der Waals surface area contributed by atoms with Crippen LogP contribution in [0.5, 0.6) is 0 Å². The van der Waals surface area contributed by atoms with Gasteiger partial charge in [0, 0.05) is 25.0 Å². The fourth-order valence-electron chi connectivity index (χ4n) is 2.92. The minimum Gasteiger partial charge on any atom is -0.318 e. The van der Waals surface area contributed by atoms with Crippen molar-refractivity contribution in [1.29, 1.82) is 0 Å². The maximum Gasteiger partial charge on any atom is 0.263 e. The van der Waals surface area contributed by atoms with E-state index in [4.69, 9.17) is 28.9 Å². The van der Waals surface area contributed by atoms with E-state index < -0.39 is 6.17 Å². The Labute approximate surface area is 152 Å². The standard InChI is InChI=1S/C16H14Cl2N6O/c1-23-6-5-11(22-23)8-7-24(14-9(17)3-2-4-10(14)18)16(25)12-13(8)20-21-15(12)19/h2-7,15,20-21H,19H2,1H3. The lowest BCUT2D eigenvalue weighted by Gasteiger charge is -2.15. The van der Waals surface area contributed by atoms with Crippen LogP contribution in [0, 0.1) is 0 Å². The molecule has 7 nitrogen and oxygen atoms in total. The van der Waals surface area contributed by atoms with E-state index >= 15 is 0 Å². The van der Waals surface area contributed by atoms with E-state index in [-0.39, 0.29) is 5.56 Å². The highest BCUT2D eigenvalue weighted by Crippen LogP contribution is 2.35. The third-order valence-electron chi connectivity index (χ3n) is 4.08. The number of aromatic nitrogens is 3. The number of hydrogen-bond acceptors (Lipinski definition) is 5. The van der Waals surface area contributed by atoms with E-state index in [9.17, 15) is 4.79 Å². The van der Waals surface area contributed by atoms with Crippen LogP contribution in [0.2, 0.25) is 10.0 Å². The molecule has 0 saturated carbocycles. The van der Waals surface area contributed by atoms with Crippen molar-refractivity contribution in [2.75, 3.05) is 5.43 Å². The smallest absolute Gasteiger partial charge is 0.263 e. The van der Waals surface area contributed by atoms with E-state index in [0.717, 1.165) is 0 Å². The summed E-state index contributed by atoms with van der Waals surface area (Å²) in [5, 5.41) is 5.16. The third kappa shape index (κ3) is 2.52. The number of hydrogen-bond donors (Lipinski definition) is 3. The lowest BCUT2D eigenvalue weighted by atomic mass is 10.1. The molecule has 1 aromatic carbocycles. The first-order valence-electron chi connectivity index (χ1n) is 7.48. The number of aryl methyl sites for hydroxylation is 1. The van der Waals surface area contributed by atoms with E-state index in [2.05, 4.69) is 16.0 Å². The van der Waals surface area contributed by atoms with Crippen molar-refractivity contribution in [3.63, 3.8) is 0 Å². The number of benzene rings is 1. The zero-order chi connectivity index (χ0) is 17.7. The molecule has 9 heteroatoms. The van der Waals surface area contributed by atoms with Crippen molar-refractivity contribution in [2.45, 2.75) is 6.17 Å². The van der Waals surface area contributed by atoms with Crippen LogP contribution in [-0.4, -0.2) is 14.3 Å². The number of rotatable bonds is 2. The zero-order valence-corrected chi connectivity index (χ0v) is 14.6. The highest BCUT2D eigenvalue weighted by molar-refractivity contribution is 6.37. The third-order valence-corrected chi connectivity index (χ3v) is 4.69. The molecule has 0 aliphatic carbocycles. The topological polar surface area (TPSA) is 89.9 Å². The van der Waals surface area contributed by atoms with Gasteiger partial charge in [0.25, 0.3) is 5.56 Å². The van der Waals surface area contributed by atoms with Crippen LogP contribution in [0.4, 0.5) is 5.69 Å². The van der Waals surface area contributed by atoms with Crippen LogP contribution in [0.25, 0.3) is 16.9 Å². The Morgan fingerprint density at radius 3 is 2.60 bits per heavy atom. The summed E-state index contributed by atoms with van der Waals surface area (Å²) in [4.78, 5) is 13.0. The van der Waals surface area contributed by atoms with E-state index in [1.165, 1.54) is 4.57 Å². The quantitative estimate of drug-likeness (QED) is 0.638. The molecule has 1 aliphatic rings. The average molecular weight is 377 g/mol. The predicted octanol–water partition coefficient (Wildman–Crippen LogP) is 2.43. The Morgan fingerprint density at radius 2 is 1.96 bits per heavy atom. The molecule has 2 aromatic heterocycles. The fourth-order valence-corrected chi connectivity index (χ4v) is 3.50. The molecule has 0 amide bonds. The second kappa shape index (κ2) is 5.89. The largest absolute Gasteiger partial charge is 0.318 e. The molecule has 25 heavy (non-hydrogen) atoms. The Kier molecular flexibility index (Phi) is 3.81. The summed E-state index contributed by atoms with van der Waals surface area (Å²) in [6.45, 7) is 0. The summed E-state index contributed by atoms with van der Waals surface area (Å²) in [5.41, 5.74) is 14.4. The molecule has 1 aliphatic heterocycles. The Bertz CT molecular complexity index is 1020. The zero-order valence-electron chi connectivity index (χ0n) is 13.1. The highest BCUT2D eigenvalue weighted by atomic mass is 35.5. The Hall–Kier alpha value is -2.32. The molecular weight excluding hydrogens is 363 g/mol. The average Bonchev–Trinajstić information content (AvgIpc) is 3.16. The van der Waals surface area contributed by atoms with Crippen LogP contribution in [0.3, 0.4) is 0 Å². The van der Waals surface area contributed by atoms with Gasteiger partial charge in [0.05, 0.1) is 32.7 Å². The van der Waals surface area contributed by atoms with Crippen molar-refractivity contribution >= 4 is 28.9 Å².